The second-order valence-corrected chi connectivity index (χ2v) is 7.02. The Bertz CT molecular complexity index is 949. The van der Waals surface area contributed by atoms with E-state index in [4.69, 9.17) is 21.3 Å². The van der Waals surface area contributed by atoms with Gasteiger partial charge in [-0.15, -0.1) is 24.8 Å². The van der Waals surface area contributed by atoms with Gasteiger partial charge < -0.3 is 15.2 Å². The Morgan fingerprint density at radius 1 is 1.07 bits per heavy atom. The molecule has 1 aromatic heterocycles. The number of hydrogen-bond acceptors (Lipinski definition) is 5. The molecule has 0 amide bonds. The van der Waals surface area contributed by atoms with Gasteiger partial charge in [-0.25, -0.2) is 4.98 Å². The van der Waals surface area contributed by atoms with Crippen molar-refractivity contribution in [1.82, 2.24) is 9.88 Å². The molecule has 8 heteroatoms. The van der Waals surface area contributed by atoms with Crippen molar-refractivity contribution >= 4 is 63.9 Å². The van der Waals surface area contributed by atoms with E-state index in [0.717, 1.165) is 46.3 Å². The molecule has 0 saturated carbocycles. The number of methoxy groups -OCH3 is 1. The van der Waals surface area contributed by atoms with Gasteiger partial charge in [0, 0.05) is 15.8 Å². The summed E-state index contributed by atoms with van der Waals surface area (Å²) >= 11 is 6.19. The SMILES string of the molecule is CCN(CC)C(Nc1c2ccc(Cl)cc2nc2ccc(OC)cc12)C(C)O.Cl.Cl. The Morgan fingerprint density at radius 2 is 1.76 bits per heavy atom. The predicted molar refractivity (Wildman–Crippen MR) is 127 cm³/mol. The number of aliphatic hydroxyl groups excluding tert-OH is 1. The van der Waals surface area contributed by atoms with E-state index in [2.05, 4.69) is 24.1 Å². The monoisotopic (exact) mass is 459 g/mol. The fourth-order valence-corrected chi connectivity index (χ4v) is 3.63. The first-order valence-electron chi connectivity index (χ1n) is 9.24. The van der Waals surface area contributed by atoms with Gasteiger partial charge in [0.2, 0.25) is 0 Å². The van der Waals surface area contributed by atoms with Gasteiger partial charge >= 0.3 is 0 Å². The fourth-order valence-electron chi connectivity index (χ4n) is 3.46. The van der Waals surface area contributed by atoms with Crippen LogP contribution >= 0.6 is 36.4 Å². The normalized spacial score (nSPS) is 12.9. The summed E-state index contributed by atoms with van der Waals surface area (Å²) in [5, 5.41) is 16.5. The summed E-state index contributed by atoms with van der Waals surface area (Å²) in [6.45, 7) is 7.64. The summed E-state index contributed by atoms with van der Waals surface area (Å²) in [6, 6.07) is 11.5. The number of halogens is 3. The van der Waals surface area contributed by atoms with Crippen LogP contribution in [-0.4, -0.2) is 47.5 Å². The van der Waals surface area contributed by atoms with E-state index in [-0.39, 0.29) is 31.0 Å². The summed E-state index contributed by atoms with van der Waals surface area (Å²) in [5.41, 5.74) is 2.58. The van der Waals surface area contributed by atoms with Gasteiger partial charge in [0.05, 0.1) is 29.9 Å². The summed E-state index contributed by atoms with van der Waals surface area (Å²) in [6.07, 6.45) is -0.781. The molecule has 1 heterocycles. The molecular weight excluding hydrogens is 433 g/mol. The molecule has 0 radical (unpaired) electrons. The van der Waals surface area contributed by atoms with Crippen LogP contribution in [0.4, 0.5) is 5.69 Å². The molecule has 0 aliphatic heterocycles. The van der Waals surface area contributed by atoms with Crippen LogP contribution < -0.4 is 10.1 Å². The zero-order valence-corrected chi connectivity index (χ0v) is 19.4. The van der Waals surface area contributed by atoms with Gasteiger partial charge in [0.25, 0.3) is 0 Å². The Morgan fingerprint density at radius 3 is 2.34 bits per heavy atom. The highest BCUT2D eigenvalue weighted by Gasteiger charge is 2.23. The molecule has 29 heavy (non-hydrogen) atoms. The van der Waals surface area contributed by atoms with Gasteiger partial charge in [-0.3, -0.25) is 4.90 Å². The molecule has 0 spiro atoms. The number of hydrogen-bond donors (Lipinski definition) is 2. The second kappa shape index (κ2) is 11.0. The standard InChI is InChI=1S/C21H26ClN3O2.2ClH/c1-5-25(6-2)21(13(3)26)24-20-16-9-7-14(22)11-19(16)23-18-10-8-15(27-4)12-17(18)20;;/h7-13,21,26H,5-6H2,1-4H3,(H,23,24);2*1H. The third-order valence-electron chi connectivity index (χ3n) is 4.90. The maximum atomic E-state index is 10.4. The Kier molecular flexibility index (Phi) is 9.73. The lowest BCUT2D eigenvalue weighted by Crippen LogP contribution is -2.47. The summed E-state index contributed by atoms with van der Waals surface area (Å²) in [4.78, 5) is 6.95. The third kappa shape index (κ3) is 5.36. The number of aromatic nitrogens is 1. The summed E-state index contributed by atoms with van der Waals surface area (Å²) in [7, 11) is 1.65. The quantitative estimate of drug-likeness (QED) is 0.367. The molecule has 0 fully saturated rings. The van der Waals surface area contributed by atoms with Gasteiger partial charge in [0.1, 0.15) is 11.9 Å². The van der Waals surface area contributed by atoms with Crippen LogP contribution in [0.25, 0.3) is 21.8 Å². The summed E-state index contributed by atoms with van der Waals surface area (Å²) in [5.74, 6) is 0.761. The van der Waals surface area contributed by atoms with Gasteiger partial charge in [-0.2, -0.15) is 0 Å². The van der Waals surface area contributed by atoms with E-state index < -0.39 is 6.10 Å². The smallest absolute Gasteiger partial charge is 0.119 e. The minimum absolute atomic E-state index is 0. The number of benzene rings is 2. The lowest BCUT2D eigenvalue weighted by molar-refractivity contribution is 0.0825. The minimum atomic E-state index is -0.555. The molecule has 160 valence electrons. The van der Waals surface area contributed by atoms with E-state index in [0.29, 0.717) is 5.02 Å². The van der Waals surface area contributed by atoms with Crippen molar-refractivity contribution in [2.45, 2.75) is 33.0 Å². The number of anilines is 1. The van der Waals surface area contributed by atoms with E-state index in [9.17, 15) is 5.11 Å². The lowest BCUT2D eigenvalue weighted by atomic mass is 10.1. The van der Waals surface area contributed by atoms with Gasteiger partial charge in [-0.05, 0) is 56.4 Å². The molecule has 0 aliphatic carbocycles. The topological polar surface area (TPSA) is 57.6 Å². The molecule has 5 nitrogen and oxygen atoms in total. The Hall–Kier alpha value is -1.50. The van der Waals surface area contributed by atoms with Crippen molar-refractivity contribution in [2.24, 2.45) is 0 Å². The number of ether oxygens (including phenoxy) is 1. The number of rotatable bonds is 7. The zero-order chi connectivity index (χ0) is 19.6. The van der Waals surface area contributed by atoms with Crippen LogP contribution in [0.3, 0.4) is 0 Å². The van der Waals surface area contributed by atoms with E-state index in [1.54, 1.807) is 14.0 Å². The van der Waals surface area contributed by atoms with E-state index >= 15 is 0 Å². The first-order chi connectivity index (χ1) is 13.0. The molecule has 2 N–H and O–H groups in total. The van der Waals surface area contributed by atoms with E-state index in [1.165, 1.54) is 0 Å². The van der Waals surface area contributed by atoms with Crippen molar-refractivity contribution in [3.8, 4) is 5.75 Å². The molecule has 2 atom stereocenters. The Labute approximate surface area is 189 Å². The van der Waals surface area contributed by atoms with Crippen LogP contribution in [0.15, 0.2) is 36.4 Å². The van der Waals surface area contributed by atoms with Crippen LogP contribution in [-0.2, 0) is 0 Å². The van der Waals surface area contributed by atoms with Gasteiger partial charge in [0.15, 0.2) is 0 Å². The van der Waals surface area contributed by atoms with Crippen LogP contribution in [0.2, 0.25) is 5.02 Å². The molecule has 0 saturated heterocycles. The van der Waals surface area contributed by atoms with Crippen LogP contribution in [0.5, 0.6) is 5.75 Å². The van der Waals surface area contributed by atoms with Crippen molar-refractivity contribution in [1.29, 1.82) is 0 Å². The average Bonchev–Trinajstić information content (AvgIpc) is 2.66. The number of nitrogens with zero attached hydrogens (tertiary/aromatic N) is 2. The Balaban J connectivity index is 0.00000210. The number of pyridine rings is 1. The molecule has 0 aliphatic rings. The number of likely N-dealkylation sites (N-methyl/N-ethyl adjacent to an activating group) is 1. The zero-order valence-electron chi connectivity index (χ0n) is 17.0. The highest BCUT2D eigenvalue weighted by Crippen LogP contribution is 2.35. The summed E-state index contributed by atoms with van der Waals surface area (Å²) < 4.78 is 5.41. The number of fused-ring (bicyclic) bond motifs is 2. The predicted octanol–water partition coefficient (Wildman–Crippen LogP) is 5.35. The number of nitrogens with one attached hydrogen (secondary N) is 1. The highest BCUT2D eigenvalue weighted by atomic mass is 35.5. The maximum absolute atomic E-state index is 10.4. The lowest BCUT2D eigenvalue weighted by Gasteiger charge is -2.34. The molecule has 2 aromatic carbocycles. The largest absolute Gasteiger partial charge is 0.497 e. The maximum Gasteiger partial charge on any atom is 0.119 e. The first-order valence-corrected chi connectivity index (χ1v) is 9.62. The van der Waals surface area contributed by atoms with Crippen LogP contribution in [0, 0.1) is 0 Å². The van der Waals surface area contributed by atoms with Crippen molar-refractivity contribution in [3.05, 3.63) is 41.4 Å². The van der Waals surface area contributed by atoms with Crippen molar-refractivity contribution in [3.63, 3.8) is 0 Å². The van der Waals surface area contributed by atoms with Crippen molar-refractivity contribution in [2.75, 3.05) is 25.5 Å². The third-order valence-corrected chi connectivity index (χ3v) is 5.13. The molecule has 3 aromatic rings. The first kappa shape index (κ1) is 25.5. The second-order valence-electron chi connectivity index (χ2n) is 6.58. The van der Waals surface area contributed by atoms with Crippen molar-refractivity contribution < 1.29 is 9.84 Å². The number of aliphatic hydroxyl groups is 1. The average molecular weight is 461 g/mol. The fraction of sp³-hybridized carbons (Fsp3) is 0.381. The molecule has 2 unspecified atom stereocenters. The highest BCUT2D eigenvalue weighted by molar-refractivity contribution is 6.31. The van der Waals surface area contributed by atoms with E-state index in [1.807, 2.05) is 36.4 Å². The van der Waals surface area contributed by atoms with Crippen LogP contribution in [0.1, 0.15) is 20.8 Å². The molecule has 0 bridgehead atoms. The minimum Gasteiger partial charge on any atom is -0.497 e. The molecule has 3 rings (SSSR count). The molecular formula is C21H28Cl3N3O2. The van der Waals surface area contributed by atoms with Gasteiger partial charge in [-0.1, -0.05) is 25.4 Å².